The van der Waals surface area contributed by atoms with E-state index in [-0.39, 0.29) is 21.7 Å². The third kappa shape index (κ3) is 4.94. The Labute approximate surface area is 222 Å². The third-order valence-electron chi connectivity index (χ3n) is 6.85. The summed E-state index contributed by atoms with van der Waals surface area (Å²) in [5, 5.41) is 32.6. The van der Waals surface area contributed by atoms with E-state index in [1.54, 1.807) is 0 Å². The van der Waals surface area contributed by atoms with Gasteiger partial charge in [0.2, 0.25) is 0 Å². The maximum atomic E-state index is 13.1. The molecule has 2 aliphatic rings. The van der Waals surface area contributed by atoms with Crippen molar-refractivity contribution in [2.45, 2.75) is 48.3 Å². The van der Waals surface area contributed by atoms with Gasteiger partial charge >= 0.3 is 12.4 Å². The normalized spacial score (nSPS) is 18.6. The number of sulfone groups is 1. The molecule has 1 saturated carbocycles. The summed E-state index contributed by atoms with van der Waals surface area (Å²) in [5.41, 5.74) is -7.83. The first-order valence-corrected chi connectivity index (χ1v) is 13.0. The van der Waals surface area contributed by atoms with Crippen LogP contribution in [0.2, 0.25) is 0 Å². The Morgan fingerprint density at radius 3 is 2.12 bits per heavy atom. The van der Waals surface area contributed by atoms with Crippen molar-refractivity contribution in [2.75, 3.05) is 11.1 Å². The molecule has 2 N–H and O–H groups in total. The number of anilines is 1. The van der Waals surface area contributed by atoms with E-state index in [2.05, 4.69) is 5.32 Å². The van der Waals surface area contributed by atoms with Crippen LogP contribution in [0.1, 0.15) is 35.6 Å². The van der Waals surface area contributed by atoms with Crippen molar-refractivity contribution in [3.63, 3.8) is 0 Å². The van der Waals surface area contributed by atoms with E-state index < -0.39 is 69.1 Å². The zero-order valence-electron chi connectivity index (χ0n) is 20.0. The van der Waals surface area contributed by atoms with Gasteiger partial charge in [-0.2, -0.15) is 31.6 Å². The summed E-state index contributed by atoms with van der Waals surface area (Å²) in [7, 11) is -3.94. The quantitative estimate of drug-likeness (QED) is 0.491. The molecule has 0 spiro atoms. The van der Waals surface area contributed by atoms with Crippen molar-refractivity contribution in [3.05, 3.63) is 59.2 Å². The molecule has 2 aromatic carbocycles. The minimum Gasteiger partial charge on any atom is -0.530 e. The van der Waals surface area contributed by atoms with Crippen LogP contribution in [0.3, 0.4) is 0 Å². The van der Waals surface area contributed by atoms with E-state index in [1.807, 2.05) is 6.07 Å². The van der Waals surface area contributed by atoms with Gasteiger partial charge in [-0.25, -0.2) is 8.42 Å². The fourth-order valence-electron chi connectivity index (χ4n) is 4.45. The van der Waals surface area contributed by atoms with Crippen LogP contribution in [-0.4, -0.2) is 48.5 Å². The molecule has 1 fully saturated rings. The molecule has 40 heavy (non-hydrogen) atoms. The zero-order chi connectivity index (χ0) is 29.9. The summed E-state index contributed by atoms with van der Waals surface area (Å²) >= 11 is 0. The van der Waals surface area contributed by atoms with Gasteiger partial charge in [-0.1, -0.05) is 18.2 Å². The number of rotatable bonds is 6. The molecule has 1 heterocycles. The van der Waals surface area contributed by atoms with E-state index in [1.165, 1.54) is 12.1 Å². The summed E-state index contributed by atoms with van der Waals surface area (Å²) in [4.78, 5) is 25.1. The highest BCUT2D eigenvalue weighted by Gasteiger charge is 2.71. The minimum atomic E-state index is -6.11. The number of carbonyl (C=O) groups excluding carboxylic acids is 2. The Morgan fingerprint density at radius 2 is 1.65 bits per heavy atom. The molecule has 214 valence electrons. The van der Waals surface area contributed by atoms with Crippen LogP contribution in [0, 0.1) is 16.7 Å². The zero-order valence-corrected chi connectivity index (χ0v) is 20.8. The minimum absolute atomic E-state index is 0.0715. The smallest absolute Gasteiger partial charge is 0.430 e. The van der Waals surface area contributed by atoms with Crippen molar-refractivity contribution in [1.29, 1.82) is 5.26 Å². The van der Waals surface area contributed by atoms with Crippen molar-refractivity contribution in [2.24, 2.45) is 5.41 Å². The first-order chi connectivity index (χ1) is 18.3. The van der Waals surface area contributed by atoms with Crippen LogP contribution >= 0.6 is 0 Å². The van der Waals surface area contributed by atoms with Gasteiger partial charge in [0.15, 0.2) is 9.84 Å². The predicted octanol–water partition coefficient (Wildman–Crippen LogP) is 2.91. The van der Waals surface area contributed by atoms with E-state index >= 15 is 0 Å². The van der Waals surface area contributed by atoms with Gasteiger partial charge in [0.25, 0.3) is 11.5 Å². The number of nitrogens with zero attached hydrogens (tertiary/aromatic N) is 2. The lowest BCUT2D eigenvalue weighted by Crippen LogP contribution is -2.53. The maximum absolute atomic E-state index is 13.1. The lowest BCUT2D eigenvalue weighted by atomic mass is 9.92. The van der Waals surface area contributed by atoms with Crippen LogP contribution in [-0.2, 0) is 26.8 Å². The summed E-state index contributed by atoms with van der Waals surface area (Å²) in [6.45, 7) is -0.453. The van der Waals surface area contributed by atoms with Gasteiger partial charge in [0.05, 0.1) is 22.1 Å². The largest absolute Gasteiger partial charge is 0.530 e. The molecule has 16 heteroatoms. The molecule has 4 rings (SSSR count). The summed E-state index contributed by atoms with van der Waals surface area (Å²) in [5.74, 6) is -1.49. The Kier molecular flexibility index (Phi) is 6.83. The van der Waals surface area contributed by atoms with Crippen LogP contribution in [0.25, 0.3) is 0 Å². The second-order valence-corrected chi connectivity index (χ2v) is 11.6. The molecule has 0 saturated heterocycles. The Hall–Kier alpha value is -3.84. The molecule has 2 aromatic rings. The van der Waals surface area contributed by atoms with Crippen molar-refractivity contribution in [1.82, 2.24) is 4.90 Å². The van der Waals surface area contributed by atoms with Gasteiger partial charge < -0.3 is 25.2 Å². The maximum Gasteiger partial charge on any atom is 0.430 e. The number of amides is 2. The number of carboxylic acid groups (broad SMARTS) is 1. The van der Waals surface area contributed by atoms with Crippen molar-refractivity contribution < 1.29 is 54.6 Å². The first kappa shape index (κ1) is 29.2. The Bertz CT molecular complexity index is 1500. The molecule has 0 aromatic heterocycles. The standard InChI is InChI=1S/C24H19F6N3O6S/c25-23(26,27)22(37,24(28,29)30)14-1-3-15(4-2-14)32-19(34)18-17-6-5-16(9-13(17)10-33(18)20(35)36)40(38,39)12-21(11-31)7-8-21/h1-6,9,18,37H,7-8,10,12H2,(H,32,34)(H,35,36)/p-1. The van der Waals surface area contributed by atoms with E-state index in [0.29, 0.717) is 42.0 Å². The van der Waals surface area contributed by atoms with Gasteiger partial charge in [0.1, 0.15) is 12.1 Å². The van der Waals surface area contributed by atoms with Gasteiger partial charge in [0, 0.05) is 17.8 Å². The average molecular weight is 590 g/mol. The molecule has 0 radical (unpaired) electrons. The van der Waals surface area contributed by atoms with Crippen LogP contribution < -0.4 is 10.4 Å². The topological polar surface area (TPSA) is 151 Å². The van der Waals surface area contributed by atoms with Crippen LogP contribution in [0.4, 0.5) is 36.8 Å². The number of aliphatic hydroxyl groups is 1. The number of halogens is 6. The number of fused-ring (bicyclic) bond motifs is 1. The molecule has 1 aliphatic carbocycles. The summed E-state index contributed by atoms with van der Waals surface area (Å²) in [6.07, 6.45) is -13.2. The number of hydrogen-bond donors (Lipinski definition) is 2. The monoisotopic (exact) mass is 590 g/mol. The Balaban J connectivity index is 1.60. The highest BCUT2D eigenvalue weighted by atomic mass is 32.2. The molecular formula is C24H18F6N3O6S-. The molecule has 1 atom stereocenters. The number of nitrogens with one attached hydrogen (secondary N) is 1. The molecule has 2 amide bonds. The number of alkyl halides is 6. The lowest BCUT2D eigenvalue weighted by molar-refractivity contribution is -0.376. The number of nitriles is 1. The Morgan fingerprint density at radius 1 is 1.07 bits per heavy atom. The SMILES string of the molecule is N#CC1(CS(=O)(=O)c2ccc3c(c2)CN(C(=O)[O-])C3C(=O)Nc2ccc(C(O)(C(F)(F)F)C(F)(F)F)cc2)CC1. The first-order valence-electron chi connectivity index (χ1n) is 11.4. The molecular weight excluding hydrogens is 572 g/mol. The predicted molar refractivity (Wildman–Crippen MR) is 121 cm³/mol. The molecule has 0 bridgehead atoms. The number of carbonyl (C=O) groups is 2. The van der Waals surface area contributed by atoms with Crippen molar-refractivity contribution >= 4 is 27.5 Å². The van der Waals surface area contributed by atoms with E-state index in [4.69, 9.17) is 0 Å². The van der Waals surface area contributed by atoms with E-state index in [9.17, 15) is 59.8 Å². The van der Waals surface area contributed by atoms with Crippen molar-refractivity contribution in [3.8, 4) is 6.07 Å². The number of hydrogen-bond acceptors (Lipinski definition) is 7. The molecule has 1 aliphatic heterocycles. The summed E-state index contributed by atoms with van der Waals surface area (Å²) in [6, 6.07) is 5.84. The van der Waals surface area contributed by atoms with Crippen LogP contribution in [0.15, 0.2) is 47.4 Å². The molecule has 9 nitrogen and oxygen atoms in total. The van der Waals surface area contributed by atoms with Gasteiger partial charge in [-0.15, -0.1) is 0 Å². The molecule has 1 unspecified atom stereocenters. The summed E-state index contributed by atoms with van der Waals surface area (Å²) < 4.78 is 104. The lowest BCUT2D eigenvalue weighted by Gasteiger charge is -2.32. The third-order valence-corrected chi connectivity index (χ3v) is 8.76. The fourth-order valence-corrected chi connectivity index (χ4v) is 6.30. The van der Waals surface area contributed by atoms with E-state index in [0.717, 1.165) is 6.07 Å². The van der Waals surface area contributed by atoms with Gasteiger partial charge in [-0.05, 0) is 48.2 Å². The number of benzene rings is 2. The van der Waals surface area contributed by atoms with Crippen LogP contribution in [0.5, 0.6) is 0 Å². The second kappa shape index (κ2) is 9.37. The average Bonchev–Trinajstić information content (AvgIpc) is 3.50. The van der Waals surface area contributed by atoms with Gasteiger partial charge in [-0.3, -0.25) is 4.79 Å². The highest BCUT2D eigenvalue weighted by molar-refractivity contribution is 7.91. The second-order valence-electron chi connectivity index (χ2n) is 9.58. The fraction of sp³-hybridized carbons (Fsp3) is 0.375. The highest BCUT2D eigenvalue weighted by Crippen LogP contribution is 2.50.